The van der Waals surface area contributed by atoms with E-state index >= 15 is 0 Å². The van der Waals surface area contributed by atoms with Crippen LogP contribution in [0.15, 0.2) is 75.9 Å². The molecule has 2 amide bonds. The summed E-state index contributed by atoms with van der Waals surface area (Å²) in [6.07, 6.45) is 3.08. The van der Waals surface area contributed by atoms with E-state index in [2.05, 4.69) is 11.6 Å². The maximum Gasteiger partial charge on any atom is 0.297 e. The van der Waals surface area contributed by atoms with Crippen LogP contribution in [0, 0.1) is 5.82 Å². The van der Waals surface area contributed by atoms with E-state index in [1.807, 2.05) is 0 Å². The summed E-state index contributed by atoms with van der Waals surface area (Å²) in [5, 5.41) is 1.87. The molecule has 33 heavy (non-hydrogen) atoms. The van der Waals surface area contributed by atoms with Gasteiger partial charge in [-0.1, -0.05) is 24.3 Å². The van der Waals surface area contributed by atoms with E-state index in [-0.39, 0.29) is 34.0 Å². The van der Waals surface area contributed by atoms with Crippen molar-refractivity contribution in [3.63, 3.8) is 0 Å². The van der Waals surface area contributed by atoms with Gasteiger partial charge in [0.15, 0.2) is 16.1 Å². The lowest BCUT2D eigenvalue weighted by atomic mass is 9.84. The molecule has 0 radical (unpaired) electrons. The molecule has 0 fully saturated rings. The lowest BCUT2D eigenvalue weighted by molar-refractivity contribution is -0.121. The van der Waals surface area contributed by atoms with Crippen molar-refractivity contribution in [2.45, 2.75) is 5.54 Å². The maximum atomic E-state index is 14.2. The summed E-state index contributed by atoms with van der Waals surface area (Å²) < 4.78 is 19.9. The normalized spacial score (nSPS) is 18.9. The Morgan fingerprint density at radius 2 is 2.00 bits per heavy atom. The standard InChI is InChI=1S/C24H14FN3O4S/c1-2-10-27-16-6-4-3-5-15(16)24(22(27)31)18-19(29)14-12-13(25)7-8-17(14)32-20(18)21(30)28(24)23-26-9-11-33-23/h2-9,11-12H,1,10H2. The molecule has 0 aliphatic carbocycles. The first kappa shape index (κ1) is 19.6. The first-order valence-electron chi connectivity index (χ1n) is 10.0. The lowest BCUT2D eigenvalue weighted by Crippen LogP contribution is -2.53. The fraction of sp³-hybridized carbons (Fsp3) is 0.0833. The van der Waals surface area contributed by atoms with E-state index in [0.717, 1.165) is 23.5 Å². The van der Waals surface area contributed by atoms with E-state index in [9.17, 15) is 18.8 Å². The van der Waals surface area contributed by atoms with Gasteiger partial charge in [0.2, 0.25) is 5.76 Å². The number of hydrogen-bond donors (Lipinski definition) is 0. The van der Waals surface area contributed by atoms with Crippen LogP contribution >= 0.6 is 11.3 Å². The van der Waals surface area contributed by atoms with Crippen LogP contribution in [0.3, 0.4) is 0 Å². The minimum Gasteiger partial charge on any atom is -0.450 e. The monoisotopic (exact) mass is 459 g/mol. The molecule has 9 heteroatoms. The molecule has 2 aromatic heterocycles. The van der Waals surface area contributed by atoms with Crippen molar-refractivity contribution in [3.05, 3.63) is 99.6 Å². The predicted octanol–water partition coefficient (Wildman–Crippen LogP) is 3.83. The Kier molecular flexibility index (Phi) is 3.97. The molecule has 1 spiro atoms. The average Bonchev–Trinajstić information content (AvgIpc) is 3.48. The van der Waals surface area contributed by atoms with Crippen molar-refractivity contribution in [2.75, 3.05) is 16.3 Å². The number of benzene rings is 2. The zero-order valence-corrected chi connectivity index (χ0v) is 17.8. The van der Waals surface area contributed by atoms with E-state index in [1.54, 1.807) is 35.7 Å². The maximum absolute atomic E-state index is 14.2. The molecule has 0 bridgehead atoms. The Bertz CT molecular complexity index is 1560. The number of rotatable bonds is 3. The van der Waals surface area contributed by atoms with E-state index in [0.29, 0.717) is 11.3 Å². The molecule has 7 nitrogen and oxygen atoms in total. The number of thiazole rings is 1. The lowest BCUT2D eigenvalue weighted by Gasteiger charge is -2.32. The molecular formula is C24H14FN3O4S. The molecule has 2 aromatic carbocycles. The van der Waals surface area contributed by atoms with Gasteiger partial charge in [-0.3, -0.25) is 19.3 Å². The number of halogens is 1. The van der Waals surface area contributed by atoms with E-state index < -0.39 is 28.6 Å². The third kappa shape index (κ3) is 2.31. The zero-order chi connectivity index (χ0) is 22.9. The number of carbonyl (C=O) groups excluding carboxylic acids is 2. The highest BCUT2D eigenvalue weighted by atomic mass is 32.1. The average molecular weight is 459 g/mol. The van der Waals surface area contributed by atoms with Gasteiger partial charge in [-0.15, -0.1) is 17.9 Å². The molecule has 0 saturated carbocycles. The molecule has 6 rings (SSSR count). The number of para-hydroxylation sites is 1. The van der Waals surface area contributed by atoms with Crippen molar-refractivity contribution in [2.24, 2.45) is 0 Å². The summed E-state index contributed by atoms with van der Waals surface area (Å²) in [7, 11) is 0. The van der Waals surface area contributed by atoms with E-state index in [1.165, 1.54) is 22.1 Å². The van der Waals surface area contributed by atoms with Crippen LogP contribution in [0.5, 0.6) is 0 Å². The second kappa shape index (κ2) is 6.69. The number of anilines is 2. The Labute approximate surface area is 190 Å². The van der Waals surface area contributed by atoms with Crippen molar-refractivity contribution >= 4 is 44.9 Å². The van der Waals surface area contributed by atoms with Crippen molar-refractivity contribution < 1.29 is 18.4 Å². The Hall–Kier alpha value is -4.11. The van der Waals surface area contributed by atoms with Crippen molar-refractivity contribution in [1.82, 2.24) is 4.98 Å². The van der Waals surface area contributed by atoms with Gasteiger partial charge in [-0.05, 0) is 24.3 Å². The number of amides is 2. The Morgan fingerprint density at radius 3 is 2.76 bits per heavy atom. The number of nitrogens with zero attached hydrogens (tertiary/aromatic N) is 3. The predicted molar refractivity (Wildman–Crippen MR) is 121 cm³/mol. The Balaban J connectivity index is 1.80. The summed E-state index contributed by atoms with van der Waals surface area (Å²) in [5.41, 5.74) is -1.55. The van der Waals surface area contributed by atoms with Crippen LogP contribution in [0.1, 0.15) is 21.7 Å². The molecule has 1 unspecified atom stereocenters. The third-order valence-electron chi connectivity index (χ3n) is 6.01. The molecule has 162 valence electrons. The van der Waals surface area contributed by atoms with Crippen LogP contribution in [-0.4, -0.2) is 23.3 Å². The molecular weight excluding hydrogens is 445 g/mol. The van der Waals surface area contributed by atoms with Gasteiger partial charge in [0.1, 0.15) is 11.4 Å². The summed E-state index contributed by atoms with van der Waals surface area (Å²) in [6.45, 7) is 3.90. The largest absolute Gasteiger partial charge is 0.450 e. The van der Waals surface area contributed by atoms with Gasteiger partial charge in [0, 0.05) is 23.7 Å². The molecule has 1 atom stereocenters. The second-order valence-corrected chi connectivity index (χ2v) is 8.54. The summed E-state index contributed by atoms with van der Waals surface area (Å²) in [4.78, 5) is 48.7. The highest BCUT2D eigenvalue weighted by molar-refractivity contribution is 7.13. The van der Waals surface area contributed by atoms with Gasteiger partial charge in [0.05, 0.1) is 16.6 Å². The molecule has 4 aromatic rings. The zero-order valence-electron chi connectivity index (χ0n) is 16.9. The summed E-state index contributed by atoms with van der Waals surface area (Å²) in [6, 6.07) is 10.4. The number of aromatic nitrogens is 1. The fourth-order valence-corrected chi connectivity index (χ4v) is 5.46. The van der Waals surface area contributed by atoms with Crippen LogP contribution in [0.4, 0.5) is 15.2 Å². The minimum absolute atomic E-state index is 0.0469. The van der Waals surface area contributed by atoms with Crippen molar-refractivity contribution in [1.29, 1.82) is 0 Å². The first-order chi connectivity index (χ1) is 16.0. The highest BCUT2D eigenvalue weighted by Gasteiger charge is 2.66. The SMILES string of the molecule is C=CCN1C(=O)C2(c3ccccc31)c1c(oc3ccc(F)cc3c1=O)C(=O)N2c1nccs1. The number of carbonyl (C=O) groups is 2. The molecule has 2 aliphatic rings. The van der Waals surface area contributed by atoms with Gasteiger partial charge in [0.25, 0.3) is 11.8 Å². The van der Waals surface area contributed by atoms with Crippen LogP contribution in [0.25, 0.3) is 11.0 Å². The van der Waals surface area contributed by atoms with Crippen LogP contribution in [0.2, 0.25) is 0 Å². The van der Waals surface area contributed by atoms with Gasteiger partial charge < -0.3 is 9.32 Å². The Morgan fingerprint density at radius 1 is 1.18 bits per heavy atom. The first-order valence-corrected chi connectivity index (χ1v) is 10.9. The van der Waals surface area contributed by atoms with Crippen LogP contribution < -0.4 is 15.2 Å². The molecule has 4 heterocycles. The van der Waals surface area contributed by atoms with Crippen molar-refractivity contribution in [3.8, 4) is 0 Å². The number of fused-ring (bicyclic) bond motifs is 5. The number of hydrogen-bond acceptors (Lipinski definition) is 6. The molecule has 0 N–H and O–H groups in total. The summed E-state index contributed by atoms with van der Waals surface area (Å²) >= 11 is 1.16. The minimum atomic E-state index is -1.83. The molecule has 2 aliphatic heterocycles. The molecule has 0 saturated heterocycles. The van der Waals surface area contributed by atoms with Gasteiger partial charge >= 0.3 is 0 Å². The third-order valence-corrected chi connectivity index (χ3v) is 6.77. The van der Waals surface area contributed by atoms with Crippen LogP contribution in [-0.2, 0) is 10.3 Å². The topological polar surface area (TPSA) is 83.7 Å². The smallest absolute Gasteiger partial charge is 0.297 e. The van der Waals surface area contributed by atoms with Gasteiger partial charge in [-0.2, -0.15) is 0 Å². The van der Waals surface area contributed by atoms with E-state index in [4.69, 9.17) is 4.42 Å². The highest BCUT2D eigenvalue weighted by Crippen LogP contribution is 2.54. The second-order valence-electron chi connectivity index (χ2n) is 7.66. The quantitative estimate of drug-likeness (QED) is 0.435. The van der Waals surface area contributed by atoms with Gasteiger partial charge in [-0.25, -0.2) is 9.37 Å². The fourth-order valence-electron chi connectivity index (χ4n) is 4.77. The summed E-state index contributed by atoms with van der Waals surface area (Å²) in [5.74, 6) is -2.05.